The maximum atomic E-state index is 12.2. The van der Waals surface area contributed by atoms with Crippen LogP contribution in [0.25, 0.3) is 23.2 Å². The average molecular weight is 431 g/mol. The first-order chi connectivity index (χ1) is 14.8. The number of nitrogens with one attached hydrogen (secondary N) is 1. The normalized spacial score (nSPS) is 10.7. The van der Waals surface area contributed by atoms with Gasteiger partial charge in [-0.25, -0.2) is 9.67 Å². The number of alkyl halides is 3. The molecular formula is C20H18F3N6O2+. The largest absolute Gasteiger partial charge is 0.573 e. The number of hydrogen-bond donors (Lipinski definition) is 1. The summed E-state index contributed by atoms with van der Waals surface area (Å²) < 4.78 is 41.9. The molecule has 11 heteroatoms. The SMILES string of the molecule is CC.N=[N+]=NC(=O)/C=C/c1ccc(-c2ncn(-c3ccc(OC(F)(F)F)cc3)n2)cc1. The van der Waals surface area contributed by atoms with Crippen LogP contribution in [0.15, 0.2) is 66.0 Å². The molecular weight excluding hydrogens is 413 g/mol. The van der Waals surface area contributed by atoms with Crippen LogP contribution in [0.5, 0.6) is 5.75 Å². The predicted octanol–water partition coefficient (Wildman–Crippen LogP) is 4.95. The summed E-state index contributed by atoms with van der Waals surface area (Å²) in [6, 6.07) is 12.2. The van der Waals surface area contributed by atoms with Gasteiger partial charge in [-0.3, -0.25) is 4.79 Å². The Morgan fingerprint density at radius 3 is 2.35 bits per heavy atom. The Morgan fingerprint density at radius 1 is 1.13 bits per heavy atom. The number of carbonyl (C=O) groups is 1. The van der Waals surface area contributed by atoms with Gasteiger partial charge < -0.3 is 4.74 Å². The molecule has 1 amide bonds. The van der Waals surface area contributed by atoms with Gasteiger partial charge in [0.1, 0.15) is 17.6 Å². The lowest BCUT2D eigenvalue weighted by Gasteiger charge is -2.09. The van der Waals surface area contributed by atoms with Crippen LogP contribution in [0.4, 0.5) is 13.2 Å². The van der Waals surface area contributed by atoms with E-state index in [2.05, 4.69) is 24.8 Å². The number of carbonyl (C=O) groups excluding carboxylic acids is 1. The molecule has 1 aromatic heterocycles. The standard InChI is InChI=1S/C18H12F3N6O2.C2H6/c19-18(20,21)29-15-8-6-14(7-9-15)27-11-23-17(25-27)13-4-1-12(2-5-13)3-10-16(28)24-26-22;1-2/h1-11,22H;1-2H3/q+1;/b10-3+;. The Balaban J connectivity index is 0.00000166. The van der Waals surface area contributed by atoms with E-state index in [0.29, 0.717) is 17.1 Å². The Labute approximate surface area is 175 Å². The highest BCUT2D eigenvalue weighted by molar-refractivity contribution is 5.91. The summed E-state index contributed by atoms with van der Waals surface area (Å²) in [6.45, 7) is 4.00. The summed E-state index contributed by atoms with van der Waals surface area (Å²) in [6.07, 6.45) is -0.598. The van der Waals surface area contributed by atoms with Crippen molar-refractivity contribution in [3.63, 3.8) is 0 Å². The van der Waals surface area contributed by atoms with Crippen molar-refractivity contribution in [1.82, 2.24) is 19.7 Å². The molecule has 0 aliphatic heterocycles. The van der Waals surface area contributed by atoms with E-state index in [1.807, 2.05) is 13.8 Å². The van der Waals surface area contributed by atoms with E-state index in [1.165, 1.54) is 47.4 Å². The van der Waals surface area contributed by atoms with Crippen molar-refractivity contribution in [2.24, 2.45) is 5.11 Å². The molecule has 0 unspecified atom stereocenters. The highest BCUT2D eigenvalue weighted by Gasteiger charge is 2.30. The molecule has 0 aliphatic rings. The Bertz CT molecular complexity index is 1080. The van der Waals surface area contributed by atoms with Crippen LogP contribution >= 0.6 is 0 Å². The summed E-state index contributed by atoms with van der Waals surface area (Å²) in [4.78, 5) is 18.0. The molecule has 2 aromatic carbocycles. The molecule has 3 rings (SSSR count). The van der Waals surface area contributed by atoms with Crippen molar-refractivity contribution in [2.75, 3.05) is 0 Å². The average Bonchev–Trinajstić information content (AvgIpc) is 3.24. The van der Waals surface area contributed by atoms with Crippen LogP contribution < -0.4 is 9.65 Å². The number of ether oxygens (including phenoxy) is 1. The van der Waals surface area contributed by atoms with E-state index in [9.17, 15) is 18.0 Å². The fourth-order valence-electron chi connectivity index (χ4n) is 2.31. The summed E-state index contributed by atoms with van der Waals surface area (Å²) >= 11 is 0. The number of hydrogen-bond acceptors (Lipinski definition) is 5. The zero-order chi connectivity index (χ0) is 22.9. The molecule has 1 N–H and O–H groups in total. The predicted molar refractivity (Wildman–Crippen MR) is 106 cm³/mol. The second-order valence-electron chi connectivity index (χ2n) is 5.55. The van der Waals surface area contributed by atoms with Gasteiger partial charge in [0, 0.05) is 11.6 Å². The van der Waals surface area contributed by atoms with Gasteiger partial charge in [-0.2, -0.15) is 0 Å². The third kappa shape index (κ3) is 7.02. The first-order valence-corrected chi connectivity index (χ1v) is 9.02. The first-order valence-electron chi connectivity index (χ1n) is 9.02. The van der Waals surface area contributed by atoms with Gasteiger partial charge in [-0.1, -0.05) is 38.1 Å². The van der Waals surface area contributed by atoms with Crippen LogP contribution in [0.1, 0.15) is 19.4 Å². The number of nitrogens with zero attached hydrogens (tertiary/aromatic N) is 5. The summed E-state index contributed by atoms with van der Waals surface area (Å²) in [7, 11) is 0. The second kappa shape index (κ2) is 10.6. The Kier molecular flexibility index (Phi) is 7.93. The third-order valence-corrected chi connectivity index (χ3v) is 3.56. The van der Waals surface area contributed by atoms with Crippen molar-refractivity contribution in [1.29, 1.82) is 5.53 Å². The lowest BCUT2D eigenvalue weighted by atomic mass is 10.1. The van der Waals surface area contributed by atoms with Gasteiger partial charge in [0.25, 0.3) is 0 Å². The van der Waals surface area contributed by atoms with E-state index >= 15 is 0 Å². The molecule has 8 nitrogen and oxygen atoms in total. The molecule has 31 heavy (non-hydrogen) atoms. The molecule has 1 heterocycles. The first kappa shape index (κ1) is 23.2. The van der Waals surface area contributed by atoms with E-state index in [1.54, 1.807) is 24.3 Å². The topological polar surface area (TPSA) is 107 Å². The molecule has 0 atom stereocenters. The Hall–Kier alpha value is -4.11. The van der Waals surface area contributed by atoms with Crippen LogP contribution in [0.3, 0.4) is 0 Å². The van der Waals surface area contributed by atoms with E-state index in [-0.39, 0.29) is 5.75 Å². The van der Waals surface area contributed by atoms with Crippen molar-refractivity contribution in [3.05, 3.63) is 66.5 Å². The second-order valence-corrected chi connectivity index (χ2v) is 5.55. The molecule has 0 saturated heterocycles. The zero-order valence-electron chi connectivity index (χ0n) is 16.5. The lowest BCUT2D eigenvalue weighted by Crippen LogP contribution is -2.17. The number of rotatable bonds is 5. The Morgan fingerprint density at radius 2 is 1.77 bits per heavy atom. The number of amides is 1. The van der Waals surface area contributed by atoms with Crippen molar-refractivity contribution < 1.29 is 22.7 Å². The van der Waals surface area contributed by atoms with Crippen LogP contribution in [-0.4, -0.2) is 27.0 Å². The van der Waals surface area contributed by atoms with Gasteiger partial charge in [0.15, 0.2) is 5.82 Å². The molecule has 0 fully saturated rings. The molecule has 160 valence electrons. The van der Waals surface area contributed by atoms with E-state index < -0.39 is 12.3 Å². The summed E-state index contributed by atoms with van der Waals surface area (Å²) in [5, 5.41) is 7.34. The molecule has 0 saturated carbocycles. The third-order valence-electron chi connectivity index (χ3n) is 3.56. The van der Waals surface area contributed by atoms with Crippen LogP contribution in [0, 0.1) is 5.53 Å². The molecule has 0 radical (unpaired) electrons. The maximum Gasteiger partial charge on any atom is 0.573 e. The van der Waals surface area contributed by atoms with Gasteiger partial charge in [-0.15, -0.1) is 18.3 Å². The number of aromatic nitrogens is 3. The maximum absolute atomic E-state index is 12.2. The number of halogens is 3. The summed E-state index contributed by atoms with van der Waals surface area (Å²) in [5.41, 5.74) is 8.43. The smallest absolute Gasteiger partial charge is 0.406 e. The lowest BCUT2D eigenvalue weighted by molar-refractivity contribution is -0.274. The minimum absolute atomic E-state index is 0.326. The van der Waals surface area contributed by atoms with Crippen LogP contribution in [0.2, 0.25) is 0 Å². The molecule has 0 bridgehead atoms. The molecule has 3 aromatic rings. The van der Waals surface area contributed by atoms with Gasteiger partial charge >= 0.3 is 12.3 Å². The summed E-state index contributed by atoms with van der Waals surface area (Å²) in [5.74, 6) is -0.556. The molecule has 0 spiro atoms. The van der Waals surface area contributed by atoms with E-state index in [4.69, 9.17) is 5.53 Å². The van der Waals surface area contributed by atoms with E-state index in [0.717, 1.165) is 5.56 Å². The van der Waals surface area contributed by atoms with Crippen molar-refractivity contribution in [2.45, 2.75) is 20.2 Å². The fraction of sp³-hybridized carbons (Fsp3) is 0.150. The van der Waals surface area contributed by atoms with Crippen LogP contribution in [-0.2, 0) is 4.79 Å². The van der Waals surface area contributed by atoms with Gasteiger partial charge in [-0.05, 0) is 35.9 Å². The highest BCUT2D eigenvalue weighted by Crippen LogP contribution is 2.24. The minimum Gasteiger partial charge on any atom is -0.406 e. The zero-order valence-corrected chi connectivity index (χ0v) is 16.5. The number of benzene rings is 2. The minimum atomic E-state index is -4.75. The monoisotopic (exact) mass is 431 g/mol. The fourth-order valence-corrected chi connectivity index (χ4v) is 2.31. The van der Waals surface area contributed by atoms with Crippen molar-refractivity contribution >= 4 is 12.0 Å². The molecule has 0 aliphatic carbocycles. The quantitative estimate of drug-likeness (QED) is 0.350. The highest BCUT2D eigenvalue weighted by atomic mass is 19.4. The van der Waals surface area contributed by atoms with Gasteiger partial charge in [0.05, 0.1) is 5.69 Å². The van der Waals surface area contributed by atoms with Gasteiger partial charge in [0.2, 0.25) is 10.0 Å². The van der Waals surface area contributed by atoms with Crippen molar-refractivity contribution in [3.8, 4) is 22.8 Å².